The molecule has 3 rings (SSSR count). The van der Waals surface area contributed by atoms with Crippen LogP contribution >= 0.6 is 0 Å². The molecule has 1 aromatic rings. The maximum absolute atomic E-state index is 12.9. The molecule has 0 bridgehead atoms. The zero-order chi connectivity index (χ0) is 17.3. The van der Waals surface area contributed by atoms with E-state index in [-0.39, 0.29) is 6.04 Å². The van der Waals surface area contributed by atoms with Gasteiger partial charge in [0.05, 0.1) is 4.90 Å². The maximum atomic E-state index is 12.9. The number of likely N-dealkylation sites (N-methyl/N-ethyl adjacent to an activating group) is 1. The number of likely N-dealkylation sites (tertiary alicyclic amines) is 1. The highest BCUT2D eigenvalue weighted by Gasteiger charge is 2.34. The minimum atomic E-state index is -3.46. The van der Waals surface area contributed by atoms with Crippen molar-refractivity contribution >= 4 is 10.0 Å². The lowest BCUT2D eigenvalue weighted by Crippen LogP contribution is -2.43. The summed E-state index contributed by atoms with van der Waals surface area (Å²) in [6, 6.07) is 5.63. The van der Waals surface area contributed by atoms with Gasteiger partial charge < -0.3 is 9.80 Å². The number of nitrogens with zero attached hydrogens (tertiary/aromatic N) is 2. The van der Waals surface area contributed by atoms with Gasteiger partial charge in [0.2, 0.25) is 10.0 Å². The number of rotatable bonds is 5. The molecule has 24 heavy (non-hydrogen) atoms. The molecule has 1 fully saturated rings. The standard InChI is InChI=1S/C18H29N3O2S/c1-20(2)11-16-12-21(3)13-18(16)19-24(22,23)17-9-8-14-6-4-5-7-15(14)10-17/h8-10,16,18-19H,4-7,11-13H2,1-3H3/t16-,18-/m1/s1. The zero-order valence-electron chi connectivity index (χ0n) is 15.0. The molecule has 1 aromatic carbocycles. The molecule has 6 heteroatoms. The van der Waals surface area contributed by atoms with E-state index in [4.69, 9.17) is 0 Å². The molecule has 5 nitrogen and oxygen atoms in total. The summed E-state index contributed by atoms with van der Waals surface area (Å²) in [7, 11) is 2.66. The van der Waals surface area contributed by atoms with Gasteiger partial charge >= 0.3 is 0 Å². The van der Waals surface area contributed by atoms with E-state index in [1.54, 1.807) is 6.07 Å². The topological polar surface area (TPSA) is 52.6 Å². The van der Waals surface area contributed by atoms with Crippen molar-refractivity contribution in [1.82, 2.24) is 14.5 Å². The molecule has 1 N–H and O–H groups in total. The fourth-order valence-electron chi connectivity index (χ4n) is 4.02. The fourth-order valence-corrected chi connectivity index (χ4v) is 5.36. The van der Waals surface area contributed by atoms with Crippen LogP contribution in [0.1, 0.15) is 24.0 Å². The van der Waals surface area contributed by atoms with Gasteiger partial charge in [-0.2, -0.15) is 0 Å². The Bertz CT molecular complexity index is 688. The smallest absolute Gasteiger partial charge is 0.240 e. The molecule has 1 aliphatic heterocycles. The maximum Gasteiger partial charge on any atom is 0.240 e. The van der Waals surface area contributed by atoms with Crippen molar-refractivity contribution in [2.75, 3.05) is 40.8 Å². The second-order valence-corrected chi connectivity index (χ2v) is 9.32. The van der Waals surface area contributed by atoms with Gasteiger partial charge in [-0.15, -0.1) is 0 Å². The first-order valence-electron chi connectivity index (χ1n) is 8.82. The normalized spacial score (nSPS) is 25.2. The molecular formula is C18H29N3O2S. The average molecular weight is 352 g/mol. The van der Waals surface area contributed by atoms with Crippen molar-refractivity contribution < 1.29 is 8.42 Å². The largest absolute Gasteiger partial charge is 0.309 e. The highest BCUT2D eigenvalue weighted by molar-refractivity contribution is 7.89. The molecular weight excluding hydrogens is 322 g/mol. The number of sulfonamides is 1. The number of hydrogen-bond donors (Lipinski definition) is 1. The first-order valence-corrected chi connectivity index (χ1v) is 10.3. The van der Waals surface area contributed by atoms with Crippen LogP contribution in [0, 0.1) is 5.92 Å². The van der Waals surface area contributed by atoms with E-state index in [0.29, 0.717) is 10.8 Å². The first-order chi connectivity index (χ1) is 11.3. The van der Waals surface area contributed by atoms with E-state index in [0.717, 1.165) is 38.9 Å². The van der Waals surface area contributed by atoms with Crippen LogP contribution in [0.25, 0.3) is 0 Å². The Kier molecular flexibility index (Phi) is 5.30. The molecule has 1 heterocycles. The van der Waals surface area contributed by atoms with E-state index in [1.165, 1.54) is 17.5 Å². The van der Waals surface area contributed by atoms with Gasteiger partial charge in [-0.3, -0.25) is 0 Å². The fraction of sp³-hybridized carbons (Fsp3) is 0.667. The third-order valence-electron chi connectivity index (χ3n) is 5.16. The van der Waals surface area contributed by atoms with E-state index in [2.05, 4.69) is 21.6 Å². The van der Waals surface area contributed by atoms with Crippen LogP contribution in [-0.4, -0.2) is 65.0 Å². The van der Waals surface area contributed by atoms with Crippen molar-refractivity contribution in [3.8, 4) is 0 Å². The SMILES string of the molecule is CN(C)C[C@@H]1CN(C)C[C@H]1NS(=O)(=O)c1ccc2c(c1)CCCC2. The Morgan fingerprint density at radius 1 is 1.17 bits per heavy atom. The van der Waals surface area contributed by atoms with Gasteiger partial charge in [0.15, 0.2) is 0 Å². The van der Waals surface area contributed by atoms with Crippen molar-refractivity contribution in [3.63, 3.8) is 0 Å². The molecule has 1 aliphatic carbocycles. The Morgan fingerprint density at radius 2 is 1.88 bits per heavy atom. The van der Waals surface area contributed by atoms with Gasteiger partial charge in [-0.25, -0.2) is 13.1 Å². The van der Waals surface area contributed by atoms with Crippen molar-refractivity contribution in [2.45, 2.75) is 36.6 Å². The number of fused-ring (bicyclic) bond motifs is 1. The predicted molar refractivity (Wildman–Crippen MR) is 96.7 cm³/mol. The molecule has 0 amide bonds. The molecule has 2 atom stereocenters. The zero-order valence-corrected chi connectivity index (χ0v) is 15.8. The minimum absolute atomic E-state index is 0.0292. The van der Waals surface area contributed by atoms with E-state index >= 15 is 0 Å². The number of aryl methyl sites for hydroxylation is 2. The van der Waals surface area contributed by atoms with Crippen molar-refractivity contribution in [2.24, 2.45) is 5.92 Å². The van der Waals surface area contributed by atoms with Gasteiger partial charge in [-0.05, 0) is 70.1 Å². The Hall–Kier alpha value is -0.950. The van der Waals surface area contributed by atoms with Gasteiger partial charge in [0, 0.05) is 31.6 Å². The molecule has 1 saturated heterocycles. The molecule has 0 aromatic heterocycles. The quantitative estimate of drug-likeness (QED) is 0.870. The highest BCUT2D eigenvalue weighted by Crippen LogP contribution is 2.25. The third kappa shape index (κ3) is 3.99. The van der Waals surface area contributed by atoms with Crippen LogP contribution in [0.2, 0.25) is 0 Å². The first kappa shape index (κ1) is 17.9. The average Bonchev–Trinajstić information content (AvgIpc) is 2.84. The summed E-state index contributed by atoms with van der Waals surface area (Å²) >= 11 is 0. The van der Waals surface area contributed by atoms with Gasteiger partial charge in [0.25, 0.3) is 0 Å². The second-order valence-electron chi connectivity index (χ2n) is 7.61. The summed E-state index contributed by atoms with van der Waals surface area (Å²) in [4.78, 5) is 4.75. The molecule has 0 spiro atoms. The molecule has 0 saturated carbocycles. The van der Waals surface area contributed by atoms with Crippen molar-refractivity contribution in [1.29, 1.82) is 0 Å². The number of nitrogens with one attached hydrogen (secondary N) is 1. The Balaban J connectivity index is 1.78. The summed E-state index contributed by atoms with van der Waals surface area (Å²) in [6.45, 7) is 2.58. The summed E-state index contributed by atoms with van der Waals surface area (Å²) in [5.41, 5.74) is 2.52. The third-order valence-corrected chi connectivity index (χ3v) is 6.65. The lowest BCUT2D eigenvalue weighted by Gasteiger charge is -2.23. The van der Waals surface area contributed by atoms with Crippen LogP contribution < -0.4 is 4.72 Å². The highest BCUT2D eigenvalue weighted by atomic mass is 32.2. The summed E-state index contributed by atoms with van der Waals surface area (Å²) < 4.78 is 28.7. The van der Waals surface area contributed by atoms with Crippen LogP contribution in [0.5, 0.6) is 0 Å². The lowest BCUT2D eigenvalue weighted by molar-refractivity contribution is 0.304. The van der Waals surface area contributed by atoms with Crippen LogP contribution in [0.15, 0.2) is 23.1 Å². The van der Waals surface area contributed by atoms with E-state index < -0.39 is 10.0 Å². The minimum Gasteiger partial charge on any atom is -0.309 e. The summed E-state index contributed by atoms with van der Waals surface area (Å²) in [6.07, 6.45) is 4.43. The number of hydrogen-bond acceptors (Lipinski definition) is 4. The molecule has 2 aliphatic rings. The molecule has 0 unspecified atom stereocenters. The molecule has 134 valence electrons. The van der Waals surface area contributed by atoms with Gasteiger partial charge in [-0.1, -0.05) is 6.07 Å². The van der Waals surface area contributed by atoms with Gasteiger partial charge in [0.1, 0.15) is 0 Å². The predicted octanol–water partition coefficient (Wildman–Crippen LogP) is 1.34. The lowest BCUT2D eigenvalue weighted by atomic mass is 9.92. The summed E-state index contributed by atoms with van der Waals surface area (Å²) in [5.74, 6) is 0.317. The van der Waals surface area contributed by atoms with Crippen LogP contribution in [-0.2, 0) is 22.9 Å². The second kappa shape index (κ2) is 7.12. The summed E-state index contributed by atoms with van der Waals surface area (Å²) in [5, 5.41) is 0. The Morgan fingerprint density at radius 3 is 2.58 bits per heavy atom. The Labute approximate surface area is 146 Å². The monoisotopic (exact) mass is 351 g/mol. The van der Waals surface area contributed by atoms with Crippen LogP contribution in [0.3, 0.4) is 0 Å². The molecule has 0 radical (unpaired) electrons. The van der Waals surface area contributed by atoms with Crippen LogP contribution in [0.4, 0.5) is 0 Å². The van der Waals surface area contributed by atoms with E-state index in [9.17, 15) is 8.42 Å². The number of benzene rings is 1. The van der Waals surface area contributed by atoms with Crippen molar-refractivity contribution in [3.05, 3.63) is 29.3 Å². The van der Waals surface area contributed by atoms with E-state index in [1.807, 2.05) is 26.2 Å².